The van der Waals surface area contributed by atoms with Gasteiger partial charge < -0.3 is 20.7 Å². The van der Waals surface area contributed by atoms with Crippen LogP contribution in [0.15, 0.2) is 18.2 Å². The molecule has 0 aromatic heterocycles. The van der Waals surface area contributed by atoms with Crippen molar-refractivity contribution in [2.75, 3.05) is 33.3 Å². The molecule has 2 aliphatic rings. The van der Waals surface area contributed by atoms with Gasteiger partial charge in [0.2, 0.25) is 0 Å². The largest absolute Gasteiger partial charge is 0.496 e. The number of methoxy groups -OCH3 is 1. The summed E-state index contributed by atoms with van der Waals surface area (Å²) < 4.78 is 5.30. The fourth-order valence-electron chi connectivity index (χ4n) is 3.16. The van der Waals surface area contributed by atoms with Gasteiger partial charge in [-0.3, -0.25) is 4.90 Å². The summed E-state index contributed by atoms with van der Waals surface area (Å²) in [5.41, 5.74) is 8.04. The lowest BCUT2D eigenvalue weighted by molar-refractivity contribution is 0.116. The molecule has 21 heavy (non-hydrogen) atoms. The smallest absolute Gasteiger partial charge is 0.317 e. The number of carbonyl (C=O) groups is 1. The molecule has 2 aliphatic heterocycles. The standard InChI is InChI=1S/C15H22N4O2/c1-21-14-3-2-11(6-12(14)7-16)9-18-4-5-19-13(10-18)8-17-15(19)20/h2-3,6,13H,4-5,7-10,16H2,1H3,(H,17,20). The molecule has 2 saturated heterocycles. The summed E-state index contributed by atoms with van der Waals surface area (Å²) in [6.07, 6.45) is 0. The molecule has 3 rings (SSSR count). The number of ether oxygens (including phenoxy) is 1. The van der Waals surface area contributed by atoms with Gasteiger partial charge in [-0.05, 0) is 17.7 Å². The summed E-state index contributed by atoms with van der Waals surface area (Å²) in [6.45, 7) is 4.75. The molecule has 0 bridgehead atoms. The van der Waals surface area contributed by atoms with Gasteiger partial charge in [0.15, 0.2) is 0 Å². The van der Waals surface area contributed by atoms with Crippen molar-refractivity contribution in [1.82, 2.24) is 15.1 Å². The molecule has 0 saturated carbocycles. The molecule has 2 amide bonds. The van der Waals surface area contributed by atoms with E-state index in [1.807, 2.05) is 11.0 Å². The summed E-state index contributed by atoms with van der Waals surface area (Å²) in [4.78, 5) is 15.9. The Labute approximate surface area is 124 Å². The monoisotopic (exact) mass is 290 g/mol. The Kier molecular flexibility index (Phi) is 3.98. The highest BCUT2D eigenvalue weighted by Crippen LogP contribution is 2.21. The predicted octanol–water partition coefficient (Wildman–Crippen LogP) is 0.363. The van der Waals surface area contributed by atoms with E-state index in [1.165, 1.54) is 5.56 Å². The molecule has 114 valence electrons. The van der Waals surface area contributed by atoms with Gasteiger partial charge in [0.1, 0.15) is 5.75 Å². The lowest BCUT2D eigenvalue weighted by Gasteiger charge is -2.36. The molecule has 0 spiro atoms. The van der Waals surface area contributed by atoms with E-state index in [0.29, 0.717) is 12.6 Å². The Morgan fingerprint density at radius 3 is 3.05 bits per heavy atom. The van der Waals surface area contributed by atoms with Crippen molar-refractivity contribution in [1.29, 1.82) is 0 Å². The minimum atomic E-state index is 0.0783. The molecular formula is C15H22N4O2. The minimum absolute atomic E-state index is 0.0783. The van der Waals surface area contributed by atoms with Gasteiger partial charge in [-0.25, -0.2) is 4.79 Å². The summed E-state index contributed by atoms with van der Waals surface area (Å²) in [5.74, 6) is 0.844. The van der Waals surface area contributed by atoms with Crippen LogP contribution in [0.4, 0.5) is 4.79 Å². The fourth-order valence-corrected chi connectivity index (χ4v) is 3.16. The molecule has 2 fully saturated rings. The van der Waals surface area contributed by atoms with Crippen molar-refractivity contribution >= 4 is 6.03 Å². The molecule has 0 radical (unpaired) electrons. The minimum Gasteiger partial charge on any atom is -0.496 e. The number of piperazine rings is 1. The third kappa shape index (κ3) is 2.82. The van der Waals surface area contributed by atoms with Crippen LogP contribution in [0.5, 0.6) is 5.75 Å². The number of urea groups is 1. The lowest BCUT2D eigenvalue weighted by Crippen LogP contribution is -2.51. The Hall–Kier alpha value is -1.79. The molecular weight excluding hydrogens is 268 g/mol. The van der Waals surface area contributed by atoms with E-state index in [-0.39, 0.29) is 6.03 Å². The number of amides is 2. The number of fused-ring (bicyclic) bond motifs is 1. The van der Waals surface area contributed by atoms with Crippen LogP contribution in [0.25, 0.3) is 0 Å². The van der Waals surface area contributed by atoms with E-state index in [4.69, 9.17) is 10.5 Å². The number of benzene rings is 1. The lowest BCUT2D eigenvalue weighted by atomic mass is 10.1. The van der Waals surface area contributed by atoms with E-state index in [2.05, 4.69) is 22.3 Å². The molecule has 1 aromatic rings. The number of hydrogen-bond acceptors (Lipinski definition) is 4. The Morgan fingerprint density at radius 1 is 1.43 bits per heavy atom. The maximum absolute atomic E-state index is 11.6. The van der Waals surface area contributed by atoms with Gasteiger partial charge in [-0.15, -0.1) is 0 Å². The van der Waals surface area contributed by atoms with E-state index in [0.717, 1.165) is 44.0 Å². The number of nitrogens with zero attached hydrogens (tertiary/aromatic N) is 2. The summed E-state index contributed by atoms with van der Waals surface area (Å²) in [7, 11) is 1.66. The number of nitrogens with one attached hydrogen (secondary N) is 1. The number of nitrogens with two attached hydrogens (primary N) is 1. The first-order valence-corrected chi connectivity index (χ1v) is 7.34. The van der Waals surface area contributed by atoms with Crippen LogP contribution in [0.1, 0.15) is 11.1 Å². The van der Waals surface area contributed by atoms with Gasteiger partial charge >= 0.3 is 6.03 Å². The van der Waals surface area contributed by atoms with Crippen molar-refractivity contribution in [3.8, 4) is 5.75 Å². The second-order valence-corrected chi connectivity index (χ2v) is 5.62. The van der Waals surface area contributed by atoms with Gasteiger partial charge in [0.25, 0.3) is 0 Å². The highest BCUT2D eigenvalue weighted by Gasteiger charge is 2.35. The summed E-state index contributed by atoms with van der Waals surface area (Å²) >= 11 is 0. The Balaban J connectivity index is 1.66. The molecule has 1 unspecified atom stereocenters. The Bertz CT molecular complexity index is 534. The SMILES string of the molecule is COc1ccc(CN2CCN3C(=O)NCC3C2)cc1CN. The molecule has 6 heteroatoms. The Morgan fingerprint density at radius 2 is 2.29 bits per heavy atom. The van der Waals surface area contributed by atoms with Crippen LogP contribution in [-0.2, 0) is 13.1 Å². The van der Waals surface area contributed by atoms with Crippen LogP contribution < -0.4 is 15.8 Å². The van der Waals surface area contributed by atoms with E-state index < -0.39 is 0 Å². The first-order valence-electron chi connectivity index (χ1n) is 7.34. The van der Waals surface area contributed by atoms with Crippen LogP contribution in [-0.4, -0.2) is 55.2 Å². The highest BCUT2D eigenvalue weighted by molar-refractivity contribution is 5.77. The highest BCUT2D eigenvalue weighted by atomic mass is 16.5. The van der Waals surface area contributed by atoms with Gasteiger partial charge in [0.05, 0.1) is 13.2 Å². The average molecular weight is 290 g/mol. The first kappa shape index (κ1) is 14.2. The maximum atomic E-state index is 11.6. The average Bonchev–Trinajstić information content (AvgIpc) is 2.88. The topological polar surface area (TPSA) is 70.8 Å². The molecule has 6 nitrogen and oxygen atoms in total. The second-order valence-electron chi connectivity index (χ2n) is 5.62. The van der Waals surface area contributed by atoms with Crippen molar-refractivity contribution in [2.24, 2.45) is 5.73 Å². The summed E-state index contributed by atoms with van der Waals surface area (Å²) in [6, 6.07) is 6.56. The van der Waals surface area contributed by atoms with Gasteiger partial charge in [-0.2, -0.15) is 0 Å². The third-order valence-corrected chi connectivity index (χ3v) is 4.29. The zero-order valence-corrected chi connectivity index (χ0v) is 12.3. The fraction of sp³-hybridized carbons (Fsp3) is 0.533. The van der Waals surface area contributed by atoms with Gasteiger partial charge in [0, 0.05) is 44.8 Å². The van der Waals surface area contributed by atoms with Crippen molar-refractivity contribution in [3.05, 3.63) is 29.3 Å². The van der Waals surface area contributed by atoms with Crippen LogP contribution in [0.2, 0.25) is 0 Å². The zero-order valence-electron chi connectivity index (χ0n) is 12.3. The predicted molar refractivity (Wildman–Crippen MR) is 80.1 cm³/mol. The number of hydrogen-bond donors (Lipinski definition) is 2. The first-order chi connectivity index (χ1) is 10.2. The van der Waals surface area contributed by atoms with E-state index >= 15 is 0 Å². The number of carbonyl (C=O) groups excluding carboxylic acids is 1. The quantitative estimate of drug-likeness (QED) is 0.840. The zero-order chi connectivity index (χ0) is 14.8. The molecule has 3 N–H and O–H groups in total. The third-order valence-electron chi connectivity index (χ3n) is 4.29. The van der Waals surface area contributed by atoms with Gasteiger partial charge in [-0.1, -0.05) is 6.07 Å². The van der Waals surface area contributed by atoms with Crippen molar-refractivity contribution in [3.63, 3.8) is 0 Å². The maximum Gasteiger partial charge on any atom is 0.317 e. The molecule has 0 aliphatic carbocycles. The molecule has 1 aromatic carbocycles. The normalized spacial score (nSPS) is 22.1. The van der Waals surface area contributed by atoms with Crippen LogP contribution in [0.3, 0.4) is 0 Å². The molecule has 1 atom stereocenters. The number of rotatable bonds is 4. The van der Waals surface area contributed by atoms with Crippen LogP contribution in [0, 0.1) is 0 Å². The molecule has 2 heterocycles. The van der Waals surface area contributed by atoms with E-state index in [1.54, 1.807) is 7.11 Å². The van der Waals surface area contributed by atoms with Crippen LogP contribution >= 0.6 is 0 Å². The van der Waals surface area contributed by atoms with Crippen molar-refractivity contribution < 1.29 is 9.53 Å². The second kappa shape index (κ2) is 5.91. The summed E-state index contributed by atoms with van der Waals surface area (Å²) in [5, 5.41) is 2.91. The van der Waals surface area contributed by atoms with E-state index in [9.17, 15) is 4.79 Å². The van der Waals surface area contributed by atoms with Crippen molar-refractivity contribution in [2.45, 2.75) is 19.1 Å².